The quantitative estimate of drug-likeness (QED) is 0.591. The summed E-state index contributed by atoms with van der Waals surface area (Å²) >= 11 is 1.57. The summed E-state index contributed by atoms with van der Waals surface area (Å²) in [7, 11) is 0. The lowest BCUT2D eigenvalue weighted by Gasteiger charge is -1.99. The van der Waals surface area contributed by atoms with Crippen LogP contribution in [0.4, 0.5) is 0 Å². The van der Waals surface area contributed by atoms with Gasteiger partial charge in [0.25, 0.3) is 0 Å². The minimum atomic E-state index is 0. The Morgan fingerprint density at radius 3 is 2.31 bits per heavy atom. The highest BCUT2D eigenvalue weighted by molar-refractivity contribution is 8.13. The van der Waals surface area contributed by atoms with Gasteiger partial charge < -0.3 is 0 Å². The van der Waals surface area contributed by atoms with Gasteiger partial charge in [-0.3, -0.25) is 5.41 Å². The summed E-state index contributed by atoms with van der Waals surface area (Å²) in [5.41, 5.74) is 2.58. The molecule has 0 bridgehead atoms. The molecule has 0 radical (unpaired) electrons. The van der Waals surface area contributed by atoms with Crippen molar-refractivity contribution in [1.82, 2.24) is 0 Å². The first-order valence-corrected chi connectivity index (χ1v) is 4.90. The zero-order chi connectivity index (χ0) is 8.97. The predicted octanol–water partition coefficient (Wildman–Crippen LogP) is 3.65. The minimum absolute atomic E-state index is 0. The summed E-state index contributed by atoms with van der Waals surface area (Å²) in [6.07, 6.45) is 0. The summed E-state index contributed by atoms with van der Waals surface area (Å²) in [4.78, 5) is 0. The maximum atomic E-state index is 7.25. The molecule has 0 aliphatic rings. The van der Waals surface area contributed by atoms with Crippen molar-refractivity contribution in [3.8, 4) is 0 Å². The smallest absolute Gasteiger partial charge is 0.0613 e. The largest absolute Gasteiger partial charge is 0.299 e. The Labute approximate surface area is 89.9 Å². The number of halogens is 1. The molecule has 0 aromatic heterocycles. The van der Waals surface area contributed by atoms with E-state index in [2.05, 4.69) is 31.2 Å². The molecule has 13 heavy (non-hydrogen) atoms. The molecule has 1 nitrogen and oxygen atoms in total. The van der Waals surface area contributed by atoms with Gasteiger partial charge in [-0.25, -0.2) is 0 Å². The van der Waals surface area contributed by atoms with Gasteiger partial charge in [-0.2, -0.15) is 0 Å². The molecule has 0 aliphatic carbocycles. The molecule has 0 atom stereocenters. The zero-order valence-electron chi connectivity index (χ0n) is 7.83. The second-order valence-electron chi connectivity index (χ2n) is 2.83. The van der Waals surface area contributed by atoms with Crippen molar-refractivity contribution in [2.75, 3.05) is 0 Å². The highest BCUT2D eigenvalue weighted by atomic mass is 35.5. The molecule has 1 N–H and O–H groups in total. The van der Waals surface area contributed by atoms with Crippen molar-refractivity contribution < 1.29 is 0 Å². The molecule has 0 saturated heterocycles. The average Bonchev–Trinajstić information content (AvgIpc) is 2.03. The van der Waals surface area contributed by atoms with Crippen molar-refractivity contribution in [1.29, 1.82) is 5.41 Å². The van der Waals surface area contributed by atoms with Crippen LogP contribution >= 0.6 is 24.2 Å². The summed E-state index contributed by atoms with van der Waals surface area (Å²) < 4.78 is 0. The van der Waals surface area contributed by atoms with Crippen molar-refractivity contribution in [3.63, 3.8) is 0 Å². The van der Waals surface area contributed by atoms with Crippen molar-refractivity contribution in [2.45, 2.75) is 19.6 Å². The number of hydrogen-bond donors (Lipinski definition) is 1. The first-order chi connectivity index (χ1) is 5.68. The van der Waals surface area contributed by atoms with E-state index < -0.39 is 0 Å². The van der Waals surface area contributed by atoms with Crippen LogP contribution in [0.5, 0.6) is 0 Å². The first-order valence-electron chi connectivity index (χ1n) is 3.92. The van der Waals surface area contributed by atoms with Gasteiger partial charge in [-0.15, -0.1) is 24.2 Å². The third-order valence-corrected chi connectivity index (χ3v) is 2.49. The van der Waals surface area contributed by atoms with Gasteiger partial charge in [0, 0.05) is 5.75 Å². The van der Waals surface area contributed by atoms with Crippen LogP contribution in [0.3, 0.4) is 0 Å². The number of benzene rings is 1. The lowest BCUT2D eigenvalue weighted by molar-refractivity contribution is 1.37. The maximum Gasteiger partial charge on any atom is 0.0613 e. The molecule has 1 rings (SSSR count). The third kappa shape index (κ3) is 4.96. The molecule has 0 amide bonds. The molecule has 3 heteroatoms. The van der Waals surface area contributed by atoms with Gasteiger partial charge in [-0.1, -0.05) is 29.8 Å². The van der Waals surface area contributed by atoms with E-state index in [1.54, 1.807) is 11.8 Å². The molecular weight excluding hydrogens is 202 g/mol. The van der Waals surface area contributed by atoms with Crippen LogP contribution in [0, 0.1) is 12.3 Å². The van der Waals surface area contributed by atoms with E-state index in [0.29, 0.717) is 5.04 Å². The Hall–Kier alpha value is -0.470. The van der Waals surface area contributed by atoms with Crippen LogP contribution in [-0.2, 0) is 5.75 Å². The number of hydrogen-bond acceptors (Lipinski definition) is 2. The van der Waals surface area contributed by atoms with Crippen LogP contribution < -0.4 is 0 Å². The van der Waals surface area contributed by atoms with Gasteiger partial charge in [0.15, 0.2) is 0 Å². The molecule has 1 aromatic rings. The Bertz CT molecular complexity index is 269. The van der Waals surface area contributed by atoms with Crippen molar-refractivity contribution >= 4 is 29.2 Å². The van der Waals surface area contributed by atoms with Crippen LogP contribution in [-0.4, -0.2) is 5.04 Å². The second-order valence-corrected chi connectivity index (χ2v) is 4.02. The summed E-state index contributed by atoms with van der Waals surface area (Å²) in [6, 6.07) is 8.45. The molecular formula is C10H14ClNS. The highest BCUT2D eigenvalue weighted by Gasteiger charge is 1.93. The van der Waals surface area contributed by atoms with Crippen LogP contribution in [0.25, 0.3) is 0 Å². The predicted molar refractivity (Wildman–Crippen MR) is 63.1 cm³/mol. The summed E-state index contributed by atoms with van der Waals surface area (Å²) in [5.74, 6) is 0.912. The zero-order valence-corrected chi connectivity index (χ0v) is 9.47. The summed E-state index contributed by atoms with van der Waals surface area (Å²) in [5, 5.41) is 7.93. The molecule has 72 valence electrons. The number of aryl methyl sites for hydroxylation is 1. The van der Waals surface area contributed by atoms with Gasteiger partial charge in [0.05, 0.1) is 5.04 Å². The Kier molecular flexibility index (Phi) is 5.84. The van der Waals surface area contributed by atoms with Crippen LogP contribution in [0.1, 0.15) is 18.1 Å². The normalized spacial score (nSPS) is 9.08. The minimum Gasteiger partial charge on any atom is -0.299 e. The molecule has 0 saturated carbocycles. The van der Waals surface area contributed by atoms with Crippen LogP contribution in [0.2, 0.25) is 0 Å². The van der Waals surface area contributed by atoms with E-state index >= 15 is 0 Å². The molecule has 1 aromatic carbocycles. The Balaban J connectivity index is 0.00000144. The van der Waals surface area contributed by atoms with Crippen LogP contribution in [0.15, 0.2) is 24.3 Å². The van der Waals surface area contributed by atoms with E-state index in [0.717, 1.165) is 5.75 Å². The standard InChI is InChI=1S/C10H13NS.ClH/c1-8-3-5-10(6-4-8)7-12-9(2)11;/h3-6,11H,7H2,1-2H3;1H. The molecule has 0 spiro atoms. The topological polar surface area (TPSA) is 23.9 Å². The van der Waals surface area contributed by atoms with E-state index in [-0.39, 0.29) is 12.4 Å². The lowest BCUT2D eigenvalue weighted by Crippen LogP contribution is -1.84. The van der Waals surface area contributed by atoms with Gasteiger partial charge in [0.2, 0.25) is 0 Å². The van der Waals surface area contributed by atoms with Gasteiger partial charge >= 0.3 is 0 Å². The first kappa shape index (κ1) is 12.5. The number of rotatable bonds is 2. The fourth-order valence-electron chi connectivity index (χ4n) is 0.876. The highest BCUT2D eigenvalue weighted by Crippen LogP contribution is 2.13. The van der Waals surface area contributed by atoms with Gasteiger partial charge in [0.1, 0.15) is 0 Å². The van der Waals surface area contributed by atoms with E-state index in [1.807, 2.05) is 6.92 Å². The molecule has 0 aliphatic heterocycles. The Morgan fingerprint density at radius 1 is 1.31 bits per heavy atom. The fraction of sp³-hybridized carbons (Fsp3) is 0.300. The van der Waals surface area contributed by atoms with E-state index in [4.69, 9.17) is 5.41 Å². The molecule has 0 heterocycles. The lowest BCUT2D eigenvalue weighted by atomic mass is 10.2. The van der Waals surface area contributed by atoms with E-state index in [9.17, 15) is 0 Å². The molecule has 0 fully saturated rings. The fourth-order valence-corrected chi connectivity index (χ4v) is 1.45. The number of nitrogens with one attached hydrogen (secondary N) is 1. The maximum absolute atomic E-state index is 7.25. The monoisotopic (exact) mass is 215 g/mol. The Morgan fingerprint density at radius 2 is 1.85 bits per heavy atom. The third-order valence-electron chi connectivity index (χ3n) is 1.58. The van der Waals surface area contributed by atoms with Gasteiger partial charge in [-0.05, 0) is 19.4 Å². The summed E-state index contributed by atoms with van der Waals surface area (Å²) in [6.45, 7) is 3.90. The second kappa shape index (κ2) is 6.06. The van der Waals surface area contributed by atoms with Crippen molar-refractivity contribution in [3.05, 3.63) is 35.4 Å². The molecule has 0 unspecified atom stereocenters. The van der Waals surface area contributed by atoms with Crippen molar-refractivity contribution in [2.24, 2.45) is 0 Å². The average molecular weight is 216 g/mol. The number of thioether (sulfide) groups is 1. The SMILES string of the molecule is CC(=N)SCc1ccc(C)cc1.Cl. The van der Waals surface area contributed by atoms with E-state index in [1.165, 1.54) is 11.1 Å².